The molecule has 0 aromatic carbocycles. The summed E-state index contributed by atoms with van der Waals surface area (Å²) in [7, 11) is -4.81. The van der Waals surface area contributed by atoms with Crippen molar-refractivity contribution in [1.29, 1.82) is 0 Å². The summed E-state index contributed by atoms with van der Waals surface area (Å²) in [5, 5.41) is 9.83. The maximum absolute atomic E-state index is 12.9. The summed E-state index contributed by atoms with van der Waals surface area (Å²) in [6, 6.07) is 0. The lowest BCUT2D eigenvalue weighted by molar-refractivity contribution is -0.161. The molecule has 0 aromatic heterocycles. The molecule has 0 spiro atoms. The van der Waals surface area contributed by atoms with Crippen LogP contribution in [-0.4, -0.2) is 66.5 Å². The second kappa shape index (κ2) is 61.4. The molecule has 82 heavy (non-hydrogen) atoms. The molecule has 0 aliphatic rings. The van der Waals surface area contributed by atoms with Crippen LogP contribution < -0.4 is 0 Å². The number of aliphatic hydroxyl groups is 1. The fourth-order valence-corrected chi connectivity index (χ4v) is 7.81. The molecule has 0 saturated heterocycles. The van der Waals surface area contributed by atoms with Gasteiger partial charge in [0.2, 0.25) is 0 Å². The van der Waals surface area contributed by atoms with E-state index < -0.39 is 64.4 Å². The number of aliphatic hydroxyl groups excluding tert-OH is 1. The minimum absolute atomic E-state index is 0.0175. The number of hydrogen-bond donors (Lipinski definition) is 2. The van der Waals surface area contributed by atoms with Crippen molar-refractivity contribution < 1.29 is 52.2 Å². The Morgan fingerprint density at radius 3 is 1.00 bits per heavy atom. The number of carbonyl (C=O) groups is 3. The third kappa shape index (κ3) is 59.0. The topological polar surface area (TPSA) is 155 Å². The van der Waals surface area contributed by atoms with Crippen molar-refractivity contribution in [3.05, 3.63) is 194 Å². The van der Waals surface area contributed by atoms with E-state index in [2.05, 4.69) is 191 Å². The second-order valence-electron chi connectivity index (χ2n) is 19.0. The summed E-state index contributed by atoms with van der Waals surface area (Å²) in [6.07, 6.45) is 85.5. The van der Waals surface area contributed by atoms with Gasteiger partial charge in [0.1, 0.15) is 12.7 Å². The molecule has 3 atom stereocenters. The fraction of sp³-hybridized carbons (Fsp3) is 0.500. The first-order valence-corrected chi connectivity index (χ1v) is 31.8. The predicted octanol–water partition coefficient (Wildman–Crippen LogP) is 18.6. The molecule has 0 amide bonds. The summed E-state index contributed by atoms with van der Waals surface area (Å²) >= 11 is 0. The Bertz CT molecular complexity index is 2120. The van der Waals surface area contributed by atoms with Gasteiger partial charge in [-0.3, -0.25) is 23.4 Å². The number of phosphoric ester groups is 1. The van der Waals surface area contributed by atoms with Crippen molar-refractivity contribution >= 4 is 25.7 Å². The van der Waals surface area contributed by atoms with Crippen LogP contribution in [0, 0.1) is 0 Å². The highest BCUT2D eigenvalue weighted by molar-refractivity contribution is 7.47. The van der Waals surface area contributed by atoms with Crippen molar-refractivity contribution in [3.8, 4) is 0 Å². The lowest BCUT2D eigenvalue weighted by atomic mass is 10.1. The van der Waals surface area contributed by atoms with Crippen LogP contribution in [-0.2, 0) is 42.2 Å². The first kappa shape index (κ1) is 76.3. The van der Waals surface area contributed by atoms with Gasteiger partial charge in [-0.2, -0.15) is 0 Å². The molecular formula is C70H105O11P. The lowest BCUT2D eigenvalue weighted by Gasteiger charge is -2.21. The third-order valence-corrected chi connectivity index (χ3v) is 12.5. The Hall–Kier alpha value is -5.68. The maximum Gasteiger partial charge on any atom is 0.472 e. The molecule has 0 aliphatic carbocycles. The van der Waals surface area contributed by atoms with Gasteiger partial charge in [-0.1, -0.05) is 222 Å². The van der Waals surface area contributed by atoms with E-state index in [1.54, 1.807) is 0 Å². The smallest absolute Gasteiger partial charge is 0.462 e. The maximum atomic E-state index is 12.9. The first-order chi connectivity index (χ1) is 40.2. The van der Waals surface area contributed by atoms with Crippen LogP contribution in [0.3, 0.4) is 0 Å². The summed E-state index contributed by atoms with van der Waals surface area (Å²) in [5.74, 6) is -1.70. The summed E-state index contributed by atoms with van der Waals surface area (Å²) in [6.45, 7) is 4.08. The Labute approximate surface area is 496 Å². The highest BCUT2D eigenvalue weighted by atomic mass is 31.2. The van der Waals surface area contributed by atoms with Crippen LogP contribution in [0.2, 0.25) is 0 Å². The third-order valence-electron chi connectivity index (χ3n) is 11.5. The van der Waals surface area contributed by atoms with E-state index in [0.29, 0.717) is 32.1 Å². The SMILES string of the molecule is CC/C=C\C/C=C\C/C=C\C/C=C\C/C=C\C/C=C\CCC(=O)OC(COC(=O)CCCCC/C=C\C/C=C\C/C=C\C/C=C\C/C=C\CC)COP(=O)(O)OCC(CO)OC(=O)CCC/C=C\C/C=C\C/C=C\C/C=C\C/C=C\CC. The normalized spacial score (nSPS) is 14.6. The molecule has 12 heteroatoms. The lowest BCUT2D eigenvalue weighted by Crippen LogP contribution is -2.30. The van der Waals surface area contributed by atoms with Crippen LogP contribution in [0.15, 0.2) is 194 Å². The number of allylic oxidation sites excluding steroid dienone is 32. The van der Waals surface area contributed by atoms with Gasteiger partial charge >= 0.3 is 25.7 Å². The molecule has 0 aromatic rings. The molecule has 0 heterocycles. The number of hydrogen-bond acceptors (Lipinski definition) is 10. The number of esters is 3. The zero-order chi connectivity index (χ0) is 59.8. The Kier molecular flexibility index (Phi) is 57.1. The molecular weight excluding hydrogens is 1050 g/mol. The number of phosphoric acid groups is 1. The van der Waals surface area contributed by atoms with Crippen molar-refractivity contribution in [1.82, 2.24) is 0 Å². The van der Waals surface area contributed by atoms with Gasteiger partial charge in [0.15, 0.2) is 6.10 Å². The molecule has 11 nitrogen and oxygen atoms in total. The quantitative estimate of drug-likeness (QED) is 0.0197. The fourth-order valence-electron chi connectivity index (χ4n) is 7.03. The average Bonchev–Trinajstić information content (AvgIpc) is 3.50. The molecule has 0 aliphatic heterocycles. The molecule has 0 bridgehead atoms. The van der Waals surface area contributed by atoms with Crippen LogP contribution in [0.1, 0.15) is 188 Å². The van der Waals surface area contributed by atoms with Gasteiger partial charge in [-0.05, 0) is 141 Å². The zero-order valence-corrected chi connectivity index (χ0v) is 51.3. The van der Waals surface area contributed by atoms with Crippen molar-refractivity contribution in [3.63, 3.8) is 0 Å². The summed E-state index contributed by atoms with van der Waals surface area (Å²) < 4.78 is 39.4. The number of ether oxygens (including phenoxy) is 3. The van der Waals surface area contributed by atoms with Gasteiger partial charge < -0.3 is 24.2 Å². The molecule has 0 radical (unpaired) electrons. The largest absolute Gasteiger partial charge is 0.472 e. The first-order valence-electron chi connectivity index (χ1n) is 30.3. The minimum atomic E-state index is -4.81. The Balaban J connectivity index is 4.98. The van der Waals surface area contributed by atoms with E-state index in [9.17, 15) is 28.9 Å². The predicted molar refractivity (Wildman–Crippen MR) is 343 cm³/mol. The zero-order valence-electron chi connectivity index (χ0n) is 50.4. The summed E-state index contributed by atoms with van der Waals surface area (Å²) in [4.78, 5) is 48.6. The van der Waals surface area contributed by atoms with E-state index in [1.807, 2.05) is 24.3 Å². The minimum Gasteiger partial charge on any atom is -0.462 e. The Morgan fingerprint density at radius 1 is 0.341 bits per heavy atom. The number of unbranched alkanes of at least 4 members (excludes halogenated alkanes) is 4. The van der Waals surface area contributed by atoms with Gasteiger partial charge in [0.05, 0.1) is 19.8 Å². The molecule has 3 unspecified atom stereocenters. The van der Waals surface area contributed by atoms with Gasteiger partial charge in [-0.25, -0.2) is 4.57 Å². The standard InChI is InChI=1S/C70H105O11P/c1-4-7-10-13-16-19-22-25-28-31-33-36-38-41-44-47-50-53-56-59-68(72)77-63-67(81-70(74)61-58-55-52-49-46-43-40-37-34-32-29-26-23-20-17-14-11-8-5-2)65-79-82(75,76)78-64-66(62-71)80-69(73)60-57-54-51-48-45-42-39-35-30-27-24-21-18-15-12-9-6-3/h7-12,16-21,25-30,33-34,36-37,39,41-44,46,48,51-52,55,66-67,71H,4-6,13-15,22-24,31-32,35,38,40,45,47,49-50,53-54,56-65H2,1-3H3,(H,75,76)/b10-7-,11-8-,12-9-,19-16-,20-17-,21-18-,28-25-,29-26-,30-27-,36-33-,37-34-,42-39-,44-41-,46-43-,51-48-,55-52-. The number of carbonyl (C=O) groups excluding carboxylic acids is 3. The van der Waals surface area contributed by atoms with Crippen molar-refractivity contribution in [2.75, 3.05) is 26.4 Å². The molecule has 0 saturated carbocycles. The molecule has 2 N–H and O–H groups in total. The van der Waals surface area contributed by atoms with Crippen molar-refractivity contribution in [2.24, 2.45) is 0 Å². The second-order valence-corrected chi connectivity index (χ2v) is 20.5. The van der Waals surface area contributed by atoms with E-state index in [4.69, 9.17) is 23.3 Å². The summed E-state index contributed by atoms with van der Waals surface area (Å²) in [5.41, 5.74) is 0. The van der Waals surface area contributed by atoms with Gasteiger partial charge in [0.25, 0.3) is 0 Å². The van der Waals surface area contributed by atoms with E-state index in [1.165, 1.54) is 0 Å². The Morgan fingerprint density at radius 2 is 0.634 bits per heavy atom. The highest BCUT2D eigenvalue weighted by Gasteiger charge is 2.28. The number of rotatable bonds is 53. The van der Waals surface area contributed by atoms with Gasteiger partial charge in [0, 0.05) is 19.3 Å². The molecule has 0 fully saturated rings. The van der Waals surface area contributed by atoms with Crippen LogP contribution in [0.4, 0.5) is 0 Å². The van der Waals surface area contributed by atoms with E-state index in [-0.39, 0.29) is 19.3 Å². The molecule has 0 rings (SSSR count). The van der Waals surface area contributed by atoms with Crippen LogP contribution >= 0.6 is 7.82 Å². The van der Waals surface area contributed by atoms with Crippen LogP contribution in [0.25, 0.3) is 0 Å². The van der Waals surface area contributed by atoms with E-state index in [0.717, 1.165) is 116 Å². The average molecular weight is 1150 g/mol. The van der Waals surface area contributed by atoms with Gasteiger partial charge in [-0.15, -0.1) is 0 Å². The highest BCUT2D eigenvalue weighted by Crippen LogP contribution is 2.43. The molecule has 456 valence electrons. The van der Waals surface area contributed by atoms with E-state index >= 15 is 0 Å². The van der Waals surface area contributed by atoms with Crippen LogP contribution in [0.5, 0.6) is 0 Å². The van der Waals surface area contributed by atoms with Crippen molar-refractivity contribution in [2.45, 2.75) is 200 Å². The monoisotopic (exact) mass is 1150 g/mol.